The van der Waals surface area contributed by atoms with Crippen LogP contribution < -0.4 is 10.6 Å². The van der Waals surface area contributed by atoms with Crippen LogP contribution in [0.1, 0.15) is 18.5 Å². The number of carbonyl (C=O) groups excluding carboxylic acids is 2. The highest BCUT2D eigenvalue weighted by Gasteiger charge is 2.23. The molecule has 0 saturated heterocycles. The maximum atomic E-state index is 13.8. The van der Waals surface area contributed by atoms with Crippen molar-refractivity contribution in [2.24, 2.45) is 0 Å². The Morgan fingerprint density at radius 1 is 1.15 bits per heavy atom. The summed E-state index contributed by atoms with van der Waals surface area (Å²) in [7, 11) is 0. The molecule has 0 aliphatic rings. The Balaban J connectivity index is 1.81. The van der Waals surface area contributed by atoms with E-state index in [-0.39, 0.29) is 11.6 Å². The molecule has 0 saturated carbocycles. The summed E-state index contributed by atoms with van der Waals surface area (Å²) >= 11 is 0. The quantitative estimate of drug-likeness (QED) is 0.694. The van der Waals surface area contributed by atoms with E-state index in [9.17, 15) is 14.0 Å². The zero-order valence-electron chi connectivity index (χ0n) is 14.5. The summed E-state index contributed by atoms with van der Waals surface area (Å²) in [5.74, 6) is -1.37. The standard InChI is InChI=1S/C18H17FN6O2/c1-12(26)21-16-10-14(7-8-15(16)19)22-18(27)17(25-11-20-23-24-25)9-13-5-3-2-4-6-13/h2-8,10-11,17H,9H2,1H3,(H,21,26)(H,22,27). The average molecular weight is 368 g/mol. The Labute approximate surface area is 154 Å². The predicted octanol–water partition coefficient (Wildman–Crippen LogP) is 2.19. The van der Waals surface area contributed by atoms with Gasteiger partial charge in [-0.3, -0.25) is 9.59 Å². The van der Waals surface area contributed by atoms with Gasteiger partial charge in [0.05, 0.1) is 5.69 Å². The first-order valence-corrected chi connectivity index (χ1v) is 8.17. The fourth-order valence-corrected chi connectivity index (χ4v) is 2.57. The number of aromatic nitrogens is 4. The van der Waals surface area contributed by atoms with Crippen molar-refractivity contribution in [2.45, 2.75) is 19.4 Å². The van der Waals surface area contributed by atoms with Gasteiger partial charge in [-0.1, -0.05) is 30.3 Å². The molecule has 0 radical (unpaired) electrons. The lowest BCUT2D eigenvalue weighted by molar-refractivity contribution is -0.119. The number of rotatable bonds is 6. The number of benzene rings is 2. The van der Waals surface area contributed by atoms with Crippen molar-refractivity contribution in [2.75, 3.05) is 10.6 Å². The van der Waals surface area contributed by atoms with Gasteiger partial charge < -0.3 is 10.6 Å². The van der Waals surface area contributed by atoms with Crippen LogP contribution in [0.2, 0.25) is 0 Å². The van der Waals surface area contributed by atoms with E-state index in [0.29, 0.717) is 12.1 Å². The van der Waals surface area contributed by atoms with E-state index in [1.165, 1.54) is 36.1 Å². The van der Waals surface area contributed by atoms with Gasteiger partial charge in [-0.15, -0.1) is 5.10 Å². The Bertz CT molecular complexity index is 930. The molecule has 1 atom stereocenters. The van der Waals surface area contributed by atoms with Gasteiger partial charge in [-0.2, -0.15) is 0 Å². The largest absolute Gasteiger partial charge is 0.324 e. The third kappa shape index (κ3) is 4.72. The van der Waals surface area contributed by atoms with E-state index in [1.807, 2.05) is 30.3 Å². The predicted molar refractivity (Wildman–Crippen MR) is 96.3 cm³/mol. The lowest BCUT2D eigenvalue weighted by atomic mass is 10.1. The average Bonchev–Trinajstić information content (AvgIpc) is 3.17. The molecule has 0 aliphatic carbocycles. The van der Waals surface area contributed by atoms with Crippen LogP contribution in [0.5, 0.6) is 0 Å². The lowest BCUT2D eigenvalue weighted by Crippen LogP contribution is -2.28. The number of amides is 2. The second-order valence-electron chi connectivity index (χ2n) is 5.86. The molecule has 138 valence electrons. The highest BCUT2D eigenvalue weighted by molar-refractivity contribution is 5.95. The zero-order chi connectivity index (χ0) is 19.2. The molecule has 1 heterocycles. The van der Waals surface area contributed by atoms with Crippen molar-refractivity contribution >= 4 is 23.2 Å². The van der Waals surface area contributed by atoms with E-state index < -0.39 is 17.8 Å². The zero-order valence-corrected chi connectivity index (χ0v) is 14.5. The number of nitrogens with zero attached hydrogens (tertiary/aromatic N) is 4. The van der Waals surface area contributed by atoms with E-state index in [2.05, 4.69) is 26.2 Å². The van der Waals surface area contributed by atoms with Crippen molar-refractivity contribution in [1.29, 1.82) is 0 Å². The molecule has 2 amide bonds. The van der Waals surface area contributed by atoms with Crippen LogP contribution in [-0.2, 0) is 16.0 Å². The van der Waals surface area contributed by atoms with Gasteiger partial charge >= 0.3 is 0 Å². The normalized spacial score (nSPS) is 11.6. The minimum Gasteiger partial charge on any atom is -0.324 e. The number of anilines is 2. The van der Waals surface area contributed by atoms with E-state index in [1.54, 1.807) is 0 Å². The lowest BCUT2D eigenvalue weighted by Gasteiger charge is -2.17. The Hall–Kier alpha value is -3.62. The van der Waals surface area contributed by atoms with Crippen molar-refractivity contribution < 1.29 is 14.0 Å². The summed E-state index contributed by atoms with van der Waals surface area (Å²) in [6.07, 6.45) is 1.73. The second kappa shape index (κ2) is 8.17. The van der Waals surface area contributed by atoms with Crippen LogP contribution in [0.15, 0.2) is 54.9 Å². The highest BCUT2D eigenvalue weighted by Crippen LogP contribution is 2.22. The molecule has 1 unspecified atom stereocenters. The molecule has 0 spiro atoms. The first-order valence-electron chi connectivity index (χ1n) is 8.17. The van der Waals surface area contributed by atoms with Crippen LogP contribution in [0.25, 0.3) is 0 Å². The van der Waals surface area contributed by atoms with Gasteiger partial charge in [-0.05, 0) is 34.2 Å². The monoisotopic (exact) mass is 368 g/mol. The molecular weight excluding hydrogens is 351 g/mol. The summed E-state index contributed by atoms with van der Waals surface area (Å²) in [5, 5.41) is 16.1. The molecule has 0 bridgehead atoms. The van der Waals surface area contributed by atoms with Crippen molar-refractivity contribution in [3.63, 3.8) is 0 Å². The summed E-state index contributed by atoms with van der Waals surface area (Å²) < 4.78 is 15.1. The summed E-state index contributed by atoms with van der Waals surface area (Å²) in [6, 6.07) is 12.7. The summed E-state index contributed by atoms with van der Waals surface area (Å²) in [4.78, 5) is 24.0. The van der Waals surface area contributed by atoms with Crippen LogP contribution in [-0.4, -0.2) is 32.0 Å². The number of carbonyl (C=O) groups is 2. The molecule has 9 heteroatoms. The molecular formula is C18H17FN6O2. The fourth-order valence-electron chi connectivity index (χ4n) is 2.57. The van der Waals surface area contributed by atoms with Crippen molar-refractivity contribution in [1.82, 2.24) is 20.2 Å². The van der Waals surface area contributed by atoms with Gasteiger partial charge in [0, 0.05) is 19.0 Å². The highest BCUT2D eigenvalue weighted by atomic mass is 19.1. The molecule has 0 fully saturated rings. The molecule has 1 aromatic heterocycles. The van der Waals surface area contributed by atoms with Gasteiger partial charge in [0.15, 0.2) is 0 Å². The van der Waals surface area contributed by atoms with E-state index in [0.717, 1.165) is 5.56 Å². The van der Waals surface area contributed by atoms with Gasteiger partial charge in [0.25, 0.3) is 0 Å². The Kier molecular flexibility index (Phi) is 5.50. The molecule has 27 heavy (non-hydrogen) atoms. The molecule has 3 aromatic rings. The minimum atomic E-state index is -0.698. The maximum Gasteiger partial charge on any atom is 0.249 e. The summed E-state index contributed by atoms with van der Waals surface area (Å²) in [5.41, 5.74) is 1.27. The Morgan fingerprint density at radius 3 is 2.59 bits per heavy atom. The maximum absolute atomic E-state index is 13.8. The number of nitrogens with one attached hydrogen (secondary N) is 2. The molecule has 0 aliphatic heterocycles. The number of hydrogen-bond acceptors (Lipinski definition) is 5. The third-order valence-electron chi connectivity index (χ3n) is 3.80. The minimum absolute atomic E-state index is 0.0117. The van der Waals surface area contributed by atoms with Crippen LogP contribution >= 0.6 is 0 Å². The van der Waals surface area contributed by atoms with Crippen LogP contribution in [0, 0.1) is 5.82 Å². The number of hydrogen-bond donors (Lipinski definition) is 2. The number of tetrazole rings is 1. The van der Waals surface area contributed by atoms with Crippen molar-refractivity contribution in [3.05, 3.63) is 66.2 Å². The van der Waals surface area contributed by atoms with Gasteiger partial charge in [0.2, 0.25) is 11.8 Å². The molecule has 3 rings (SSSR count). The second-order valence-corrected chi connectivity index (χ2v) is 5.86. The molecule has 2 aromatic carbocycles. The van der Waals surface area contributed by atoms with Gasteiger partial charge in [-0.25, -0.2) is 9.07 Å². The fraction of sp³-hybridized carbons (Fsp3) is 0.167. The smallest absolute Gasteiger partial charge is 0.249 e. The van der Waals surface area contributed by atoms with Crippen molar-refractivity contribution in [3.8, 4) is 0 Å². The van der Waals surface area contributed by atoms with E-state index in [4.69, 9.17) is 0 Å². The van der Waals surface area contributed by atoms with Crippen LogP contribution in [0.3, 0.4) is 0 Å². The number of halogens is 1. The molecule has 2 N–H and O–H groups in total. The van der Waals surface area contributed by atoms with E-state index >= 15 is 0 Å². The van der Waals surface area contributed by atoms with Gasteiger partial charge in [0.1, 0.15) is 18.2 Å². The van der Waals surface area contributed by atoms with Crippen LogP contribution in [0.4, 0.5) is 15.8 Å². The summed E-state index contributed by atoms with van der Waals surface area (Å²) in [6.45, 7) is 1.28. The third-order valence-corrected chi connectivity index (χ3v) is 3.80. The SMILES string of the molecule is CC(=O)Nc1cc(NC(=O)C(Cc2ccccc2)n2cnnn2)ccc1F. The first-order chi connectivity index (χ1) is 13.0. The Morgan fingerprint density at radius 2 is 1.93 bits per heavy atom. The topological polar surface area (TPSA) is 102 Å². The first kappa shape index (κ1) is 18.2. The molecule has 8 nitrogen and oxygen atoms in total.